The molecule has 10 heavy (non-hydrogen) atoms. The molecule has 0 atom stereocenters. The maximum atomic E-state index is 10.7. The largest absolute Gasteiger partial charge is 0.464 e. The van der Waals surface area contributed by atoms with Gasteiger partial charge in [-0.05, 0) is 0 Å². The smallest absolute Gasteiger partial charge is 0.360 e. The number of esters is 1. The molecule has 1 aliphatic rings. The van der Waals surface area contributed by atoms with Crippen molar-refractivity contribution < 1.29 is 9.53 Å². The Morgan fingerprint density at radius 1 is 1.70 bits per heavy atom. The van der Waals surface area contributed by atoms with E-state index in [-0.39, 0.29) is 5.71 Å². The van der Waals surface area contributed by atoms with Gasteiger partial charge in [0.25, 0.3) is 0 Å². The van der Waals surface area contributed by atoms with Gasteiger partial charge in [0, 0.05) is 0 Å². The number of nitrogens with one attached hydrogen (secondary N) is 2. The van der Waals surface area contributed by atoms with Gasteiger partial charge in [-0.1, -0.05) is 0 Å². The first-order valence-electron chi connectivity index (χ1n) is 2.53. The van der Waals surface area contributed by atoms with Crippen molar-refractivity contribution in [3.8, 4) is 0 Å². The average Bonchev–Trinajstić information content (AvgIpc) is 2.05. The lowest BCUT2D eigenvalue weighted by Gasteiger charge is -2.04. The normalized spacial score (nSPS) is 14.7. The Balaban J connectivity index is 2.63. The molecule has 0 spiro atoms. The van der Waals surface area contributed by atoms with E-state index >= 15 is 0 Å². The number of nitrogens with zero attached hydrogens (tertiary/aromatic N) is 2. The number of carbonyl (C=O) groups is 1. The number of hydrogen-bond donors (Lipinski definition) is 2. The van der Waals surface area contributed by atoms with Crippen LogP contribution in [0.3, 0.4) is 0 Å². The van der Waals surface area contributed by atoms with Crippen LogP contribution < -0.4 is 11.1 Å². The van der Waals surface area contributed by atoms with Crippen LogP contribution in [-0.2, 0) is 9.53 Å². The summed E-state index contributed by atoms with van der Waals surface area (Å²) in [5.41, 5.74) is 4.75. The van der Waals surface area contributed by atoms with Gasteiger partial charge in [0.05, 0.1) is 13.3 Å². The molecule has 0 aromatic rings. The zero-order valence-electron chi connectivity index (χ0n) is 5.29. The van der Waals surface area contributed by atoms with Crippen LogP contribution in [0.25, 0.3) is 0 Å². The van der Waals surface area contributed by atoms with Crippen LogP contribution in [0.5, 0.6) is 0 Å². The maximum Gasteiger partial charge on any atom is 0.360 e. The average molecular weight is 142 g/mol. The predicted octanol–water partition coefficient (Wildman–Crippen LogP) is -1.39. The second kappa shape index (κ2) is 2.81. The van der Waals surface area contributed by atoms with E-state index in [4.69, 9.17) is 0 Å². The van der Waals surface area contributed by atoms with Crippen molar-refractivity contribution in [3.05, 3.63) is 0 Å². The first-order chi connectivity index (χ1) is 4.84. The summed E-state index contributed by atoms with van der Waals surface area (Å²) in [4.78, 5) is 10.7. The van der Waals surface area contributed by atoms with Gasteiger partial charge in [-0.25, -0.2) is 15.9 Å². The summed E-state index contributed by atoms with van der Waals surface area (Å²) < 4.78 is 4.36. The minimum Gasteiger partial charge on any atom is -0.464 e. The topological polar surface area (TPSA) is 75.1 Å². The lowest BCUT2D eigenvalue weighted by molar-refractivity contribution is -0.132. The molecule has 0 unspecified atom stereocenters. The van der Waals surface area contributed by atoms with Crippen LogP contribution >= 0.6 is 0 Å². The fourth-order valence-electron chi connectivity index (χ4n) is 0.439. The van der Waals surface area contributed by atoms with Gasteiger partial charge < -0.3 is 4.74 Å². The first-order valence-corrected chi connectivity index (χ1v) is 2.53. The van der Waals surface area contributed by atoms with E-state index in [9.17, 15) is 4.79 Å². The molecule has 0 saturated heterocycles. The molecule has 6 nitrogen and oxygen atoms in total. The molecule has 1 heterocycles. The third-order valence-electron chi connectivity index (χ3n) is 0.872. The maximum absolute atomic E-state index is 10.7. The number of rotatable bonds is 1. The van der Waals surface area contributed by atoms with Crippen LogP contribution in [0.15, 0.2) is 10.2 Å². The lowest BCUT2D eigenvalue weighted by atomic mass is 10.4. The van der Waals surface area contributed by atoms with Crippen LogP contribution in [0.2, 0.25) is 0 Å². The Labute approximate surface area is 56.9 Å². The molecule has 0 amide bonds. The molecule has 0 aromatic heterocycles. The van der Waals surface area contributed by atoms with E-state index in [1.165, 1.54) is 13.3 Å². The van der Waals surface area contributed by atoms with Gasteiger partial charge in [-0.15, -0.1) is 5.10 Å². The van der Waals surface area contributed by atoms with Gasteiger partial charge >= 0.3 is 5.97 Å². The standard InChI is InChI=1S/C4H6N4O2/c1-10-4(9)3-2-5-7-8-6-3/h2,7-8H,1H3. The van der Waals surface area contributed by atoms with Crippen LogP contribution in [0.1, 0.15) is 0 Å². The number of methoxy groups -OCH3 is 1. The van der Waals surface area contributed by atoms with Gasteiger partial charge in [-0.2, -0.15) is 5.10 Å². The number of hydrogen-bond acceptors (Lipinski definition) is 6. The van der Waals surface area contributed by atoms with E-state index in [2.05, 4.69) is 26.0 Å². The van der Waals surface area contributed by atoms with Gasteiger partial charge in [0.1, 0.15) is 0 Å². The van der Waals surface area contributed by atoms with Crippen molar-refractivity contribution in [1.29, 1.82) is 0 Å². The summed E-state index contributed by atoms with van der Waals surface area (Å²) in [5, 5.41) is 7.04. The van der Waals surface area contributed by atoms with Crippen molar-refractivity contribution in [2.24, 2.45) is 10.2 Å². The zero-order chi connectivity index (χ0) is 7.40. The fraction of sp³-hybridized carbons (Fsp3) is 0.250. The highest BCUT2D eigenvalue weighted by Gasteiger charge is 2.10. The highest BCUT2D eigenvalue weighted by Crippen LogP contribution is 1.80. The highest BCUT2D eigenvalue weighted by atomic mass is 16.5. The molecule has 0 radical (unpaired) electrons. The molecule has 1 rings (SSSR count). The molecule has 6 heteroatoms. The molecular formula is C4H6N4O2. The van der Waals surface area contributed by atoms with E-state index in [0.717, 1.165) is 0 Å². The molecule has 2 N–H and O–H groups in total. The Hall–Kier alpha value is -1.59. The van der Waals surface area contributed by atoms with Crippen LogP contribution in [0.4, 0.5) is 0 Å². The second-order valence-corrected chi connectivity index (χ2v) is 1.47. The van der Waals surface area contributed by atoms with E-state index in [1.54, 1.807) is 0 Å². The van der Waals surface area contributed by atoms with Gasteiger partial charge in [0.2, 0.25) is 0 Å². The molecule has 0 saturated carbocycles. The number of ether oxygens (including phenoxy) is 1. The van der Waals surface area contributed by atoms with Crippen molar-refractivity contribution >= 4 is 17.9 Å². The summed E-state index contributed by atoms with van der Waals surface area (Å²) in [7, 11) is 1.28. The summed E-state index contributed by atoms with van der Waals surface area (Å²) in [6, 6.07) is 0. The van der Waals surface area contributed by atoms with Crippen molar-refractivity contribution in [3.63, 3.8) is 0 Å². The molecule has 0 fully saturated rings. The van der Waals surface area contributed by atoms with Gasteiger partial charge in [0.15, 0.2) is 5.71 Å². The quantitative estimate of drug-likeness (QED) is 0.442. The zero-order valence-corrected chi connectivity index (χ0v) is 5.29. The van der Waals surface area contributed by atoms with Crippen molar-refractivity contribution in [2.45, 2.75) is 0 Å². The first kappa shape index (κ1) is 6.53. The Bertz CT molecular complexity index is 197. The number of hydrazone groups is 2. The number of carbonyl (C=O) groups excluding carboxylic acids is 1. The van der Waals surface area contributed by atoms with E-state index in [1.807, 2.05) is 0 Å². The highest BCUT2D eigenvalue weighted by molar-refractivity contribution is 6.59. The summed E-state index contributed by atoms with van der Waals surface area (Å²) in [6.45, 7) is 0. The SMILES string of the molecule is COC(=O)C1=NNNN=C1. The van der Waals surface area contributed by atoms with Crippen LogP contribution in [-0.4, -0.2) is 25.0 Å². The van der Waals surface area contributed by atoms with Gasteiger partial charge in [-0.3, -0.25) is 0 Å². The third-order valence-corrected chi connectivity index (χ3v) is 0.872. The monoisotopic (exact) mass is 142 g/mol. The van der Waals surface area contributed by atoms with E-state index < -0.39 is 5.97 Å². The minimum atomic E-state index is -0.516. The molecule has 1 aliphatic heterocycles. The lowest BCUT2D eigenvalue weighted by Crippen LogP contribution is -2.32. The molecular weight excluding hydrogens is 136 g/mol. The summed E-state index contributed by atoms with van der Waals surface area (Å²) in [6.07, 6.45) is 1.27. The minimum absolute atomic E-state index is 0.140. The van der Waals surface area contributed by atoms with Crippen molar-refractivity contribution in [1.82, 2.24) is 11.1 Å². The Morgan fingerprint density at radius 2 is 2.50 bits per heavy atom. The molecule has 0 bridgehead atoms. The summed E-state index contributed by atoms with van der Waals surface area (Å²) >= 11 is 0. The molecule has 0 aromatic carbocycles. The fourth-order valence-corrected chi connectivity index (χ4v) is 0.439. The van der Waals surface area contributed by atoms with Crippen LogP contribution in [0, 0.1) is 0 Å². The Kier molecular flexibility index (Phi) is 1.83. The number of hydrazine groups is 1. The third kappa shape index (κ3) is 1.22. The summed E-state index contributed by atoms with van der Waals surface area (Å²) in [5.74, 6) is -0.516. The Morgan fingerprint density at radius 3 is 3.00 bits per heavy atom. The molecule has 0 aliphatic carbocycles. The second-order valence-electron chi connectivity index (χ2n) is 1.47. The molecule has 54 valence electrons. The van der Waals surface area contributed by atoms with E-state index in [0.29, 0.717) is 0 Å². The predicted molar refractivity (Wildman–Crippen MR) is 34.2 cm³/mol. The van der Waals surface area contributed by atoms with Crippen molar-refractivity contribution in [2.75, 3.05) is 7.11 Å².